The van der Waals surface area contributed by atoms with Crippen LogP contribution >= 0.6 is 0 Å². The van der Waals surface area contributed by atoms with E-state index in [0.717, 1.165) is 39.1 Å². The zero-order valence-corrected chi connectivity index (χ0v) is 9.87. The molecule has 0 aromatic heterocycles. The first-order chi connectivity index (χ1) is 7.13. The van der Waals surface area contributed by atoms with E-state index < -0.39 is 0 Å². The van der Waals surface area contributed by atoms with Crippen LogP contribution in [0.2, 0.25) is 0 Å². The molecule has 2 aliphatic heterocycles. The molecule has 1 spiro atoms. The average Bonchev–Trinajstić information content (AvgIpc) is 2.65. The van der Waals surface area contributed by atoms with Crippen LogP contribution in [0, 0.1) is 11.8 Å². The first kappa shape index (κ1) is 11.4. The summed E-state index contributed by atoms with van der Waals surface area (Å²) in [5.74, 6) is 1.30. The summed E-state index contributed by atoms with van der Waals surface area (Å²) in [6.07, 6.45) is 3.36. The van der Waals surface area contributed by atoms with Gasteiger partial charge in [0.1, 0.15) is 0 Å². The lowest BCUT2D eigenvalue weighted by atomic mass is 9.76. The predicted molar refractivity (Wildman–Crippen MR) is 59.7 cm³/mol. The molecule has 2 N–H and O–H groups in total. The summed E-state index contributed by atoms with van der Waals surface area (Å²) in [6, 6.07) is 0.285. The molecule has 2 heterocycles. The van der Waals surface area contributed by atoms with Gasteiger partial charge in [0.25, 0.3) is 0 Å². The van der Waals surface area contributed by atoms with Crippen LogP contribution in [0.5, 0.6) is 0 Å². The second-order valence-electron chi connectivity index (χ2n) is 5.31. The zero-order chi connectivity index (χ0) is 10.9. The summed E-state index contributed by atoms with van der Waals surface area (Å²) >= 11 is 0. The smallest absolute Gasteiger partial charge is 0.0939 e. The first-order valence-corrected chi connectivity index (χ1v) is 6.10. The fraction of sp³-hybridized carbons (Fsp3) is 1.00. The fourth-order valence-electron chi connectivity index (χ4n) is 2.81. The van der Waals surface area contributed by atoms with Crippen molar-refractivity contribution in [3.05, 3.63) is 0 Å². The van der Waals surface area contributed by atoms with Gasteiger partial charge >= 0.3 is 0 Å². The number of rotatable bonds is 2. The standard InChI is InChI=1S/C12H23NO2/c1-9(10(2)13)11-3-5-15-12(7-11)4-6-14-8-12/h9-11H,3-8,13H2,1-2H3. The molecule has 0 aliphatic carbocycles. The minimum atomic E-state index is 0.0338. The van der Waals surface area contributed by atoms with Gasteiger partial charge in [0.2, 0.25) is 0 Å². The molecule has 3 nitrogen and oxygen atoms in total. The van der Waals surface area contributed by atoms with E-state index in [1.54, 1.807) is 0 Å². The third kappa shape index (κ3) is 2.35. The van der Waals surface area contributed by atoms with Gasteiger partial charge in [-0.3, -0.25) is 0 Å². The van der Waals surface area contributed by atoms with Gasteiger partial charge in [0, 0.05) is 25.7 Å². The molecule has 0 saturated carbocycles. The molecule has 0 bridgehead atoms. The molecule has 0 aromatic rings. The molecule has 15 heavy (non-hydrogen) atoms. The summed E-state index contributed by atoms with van der Waals surface area (Å²) < 4.78 is 11.4. The predicted octanol–water partition coefficient (Wildman–Crippen LogP) is 1.56. The van der Waals surface area contributed by atoms with Crippen molar-refractivity contribution in [1.29, 1.82) is 0 Å². The summed E-state index contributed by atoms with van der Waals surface area (Å²) in [4.78, 5) is 0. The van der Waals surface area contributed by atoms with Crippen molar-refractivity contribution < 1.29 is 9.47 Å². The van der Waals surface area contributed by atoms with Crippen molar-refractivity contribution in [2.75, 3.05) is 19.8 Å². The van der Waals surface area contributed by atoms with E-state index in [4.69, 9.17) is 15.2 Å². The normalized spacial score (nSPS) is 40.6. The van der Waals surface area contributed by atoms with Gasteiger partial charge in [-0.15, -0.1) is 0 Å². The van der Waals surface area contributed by atoms with Crippen LogP contribution in [0.1, 0.15) is 33.1 Å². The van der Waals surface area contributed by atoms with E-state index in [0.29, 0.717) is 11.8 Å². The van der Waals surface area contributed by atoms with Gasteiger partial charge < -0.3 is 15.2 Å². The van der Waals surface area contributed by atoms with Gasteiger partial charge in [-0.1, -0.05) is 6.92 Å². The van der Waals surface area contributed by atoms with E-state index in [1.165, 1.54) is 0 Å². The van der Waals surface area contributed by atoms with E-state index in [-0.39, 0.29) is 11.6 Å². The van der Waals surface area contributed by atoms with Crippen LogP contribution in [-0.4, -0.2) is 31.5 Å². The first-order valence-electron chi connectivity index (χ1n) is 6.10. The van der Waals surface area contributed by atoms with Crippen molar-refractivity contribution in [2.45, 2.75) is 44.8 Å². The van der Waals surface area contributed by atoms with Gasteiger partial charge in [-0.2, -0.15) is 0 Å². The van der Waals surface area contributed by atoms with E-state index in [2.05, 4.69) is 13.8 Å². The molecule has 4 atom stereocenters. The Kier molecular flexibility index (Phi) is 3.33. The summed E-state index contributed by atoms with van der Waals surface area (Å²) in [5.41, 5.74) is 6.02. The molecule has 2 fully saturated rings. The molecular formula is C12H23NO2. The lowest BCUT2D eigenvalue weighted by Gasteiger charge is -2.40. The number of hydrogen-bond acceptors (Lipinski definition) is 3. The Hall–Kier alpha value is -0.120. The third-order valence-corrected chi connectivity index (χ3v) is 4.17. The highest BCUT2D eigenvalue weighted by molar-refractivity contribution is 4.92. The van der Waals surface area contributed by atoms with Crippen molar-refractivity contribution in [2.24, 2.45) is 17.6 Å². The second kappa shape index (κ2) is 4.40. The van der Waals surface area contributed by atoms with Gasteiger partial charge in [-0.05, 0) is 31.6 Å². The molecular weight excluding hydrogens is 190 g/mol. The highest BCUT2D eigenvalue weighted by atomic mass is 16.6. The molecule has 3 heteroatoms. The maximum absolute atomic E-state index is 5.98. The van der Waals surface area contributed by atoms with Crippen LogP contribution in [0.25, 0.3) is 0 Å². The number of nitrogens with two attached hydrogens (primary N) is 1. The number of ether oxygens (including phenoxy) is 2. The molecule has 0 amide bonds. The Morgan fingerprint density at radius 1 is 1.33 bits per heavy atom. The summed E-state index contributed by atoms with van der Waals surface area (Å²) in [7, 11) is 0. The van der Waals surface area contributed by atoms with Crippen LogP contribution < -0.4 is 5.73 Å². The van der Waals surface area contributed by atoms with Crippen molar-refractivity contribution in [3.8, 4) is 0 Å². The van der Waals surface area contributed by atoms with Crippen molar-refractivity contribution in [3.63, 3.8) is 0 Å². The topological polar surface area (TPSA) is 44.5 Å². The molecule has 2 rings (SSSR count). The largest absolute Gasteiger partial charge is 0.378 e. The molecule has 2 saturated heterocycles. The van der Waals surface area contributed by atoms with Crippen LogP contribution in [0.3, 0.4) is 0 Å². The van der Waals surface area contributed by atoms with Gasteiger partial charge in [0.15, 0.2) is 0 Å². The van der Waals surface area contributed by atoms with E-state index >= 15 is 0 Å². The van der Waals surface area contributed by atoms with Gasteiger partial charge in [0.05, 0.1) is 12.2 Å². The van der Waals surface area contributed by atoms with Crippen molar-refractivity contribution >= 4 is 0 Å². The van der Waals surface area contributed by atoms with Crippen LogP contribution in [0.15, 0.2) is 0 Å². The zero-order valence-electron chi connectivity index (χ0n) is 9.87. The van der Waals surface area contributed by atoms with Crippen LogP contribution in [-0.2, 0) is 9.47 Å². The fourth-order valence-corrected chi connectivity index (χ4v) is 2.81. The number of hydrogen-bond donors (Lipinski definition) is 1. The monoisotopic (exact) mass is 213 g/mol. The Labute approximate surface area is 92.3 Å². The van der Waals surface area contributed by atoms with E-state index in [9.17, 15) is 0 Å². The molecule has 0 aromatic carbocycles. The SMILES string of the molecule is CC(N)C(C)C1CCOC2(CCOC2)C1. The van der Waals surface area contributed by atoms with Gasteiger partial charge in [-0.25, -0.2) is 0 Å². The molecule has 2 aliphatic rings. The quantitative estimate of drug-likeness (QED) is 0.757. The Morgan fingerprint density at radius 3 is 2.73 bits per heavy atom. The highest BCUT2D eigenvalue weighted by Crippen LogP contribution is 2.39. The molecule has 0 radical (unpaired) electrons. The maximum Gasteiger partial charge on any atom is 0.0939 e. The Balaban J connectivity index is 1.97. The Bertz CT molecular complexity index is 212. The molecule has 4 unspecified atom stereocenters. The lowest BCUT2D eigenvalue weighted by molar-refractivity contribution is -0.106. The van der Waals surface area contributed by atoms with Crippen molar-refractivity contribution in [1.82, 2.24) is 0 Å². The lowest BCUT2D eigenvalue weighted by Crippen LogP contribution is -2.44. The average molecular weight is 213 g/mol. The second-order valence-corrected chi connectivity index (χ2v) is 5.31. The minimum Gasteiger partial charge on any atom is -0.378 e. The summed E-state index contributed by atoms with van der Waals surface area (Å²) in [6.45, 7) is 6.90. The van der Waals surface area contributed by atoms with Crippen LogP contribution in [0.4, 0.5) is 0 Å². The minimum absolute atomic E-state index is 0.0338. The maximum atomic E-state index is 5.98. The molecule has 88 valence electrons. The third-order valence-electron chi connectivity index (χ3n) is 4.17. The highest BCUT2D eigenvalue weighted by Gasteiger charge is 2.42. The Morgan fingerprint density at radius 2 is 2.13 bits per heavy atom. The van der Waals surface area contributed by atoms with E-state index in [1.807, 2.05) is 0 Å². The summed E-state index contributed by atoms with van der Waals surface area (Å²) in [5, 5.41) is 0.